The summed E-state index contributed by atoms with van der Waals surface area (Å²) in [6.07, 6.45) is 9.26. The van der Waals surface area contributed by atoms with Gasteiger partial charge in [0.1, 0.15) is 22.7 Å². The van der Waals surface area contributed by atoms with Crippen molar-refractivity contribution < 1.29 is 65.7 Å². The molecule has 14 aromatic rings. The minimum absolute atomic E-state index is 0. The Morgan fingerprint density at radius 1 is 0.448 bits per heavy atom. The second-order valence-electron chi connectivity index (χ2n) is 30.6. The number of nitrogens with zero attached hydrogens (tertiary/aromatic N) is 4. The molecule has 0 radical (unpaired) electrons. The molecule has 10 heterocycles. The number of halogens is 9. The van der Waals surface area contributed by atoms with Crippen LogP contribution >= 0.6 is 117 Å². The predicted octanol–water partition coefficient (Wildman–Crippen LogP) is 22.0. The Bertz CT molecular complexity index is 5840. The third kappa shape index (κ3) is 19.2. The molecule has 4 fully saturated rings. The summed E-state index contributed by atoms with van der Waals surface area (Å²) in [6.45, 7) is 26.4. The molecule has 0 saturated carbocycles. The Balaban J connectivity index is 0.000000137. The number of fused-ring (bicyclic) bond motifs is 10. The van der Waals surface area contributed by atoms with E-state index in [2.05, 4.69) is 127 Å². The van der Waals surface area contributed by atoms with Gasteiger partial charge in [0.2, 0.25) is 0 Å². The fraction of sp³-hybridized carbons (Fsp3) is 0.286. The minimum atomic E-state index is -1.51. The lowest BCUT2D eigenvalue weighted by Crippen LogP contribution is -2.41. The highest BCUT2D eigenvalue weighted by Gasteiger charge is 2.64. The molecule has 18 rings (SSSR count). The Labute approximate surface area is 732 Å². The van der Waals surface area contributed by atoms with Gasteiger partial charge in [-0.1, -0.05) is 150 Å². The first kappa shape index (κ1) is 90.1. The molecule has 8 aromatic carbocycles. The van der Waals surface area contributed by atoms with Gasteiger partial charge in [-0.05, 0) is 252 Å². The third-order valence-electron chi connectivity index (χ3n) is 21.4. The van der Waals surface area contributed by atoms with Crippen LogP contribution in [0, 0.1) is 3.57 Å². The van der Waals surface area contributed by atoms with Crippen molar-refractivity contribution in [2.24, 2.45) is 0 Å². The fourth-order valence-corrected chi connectivity index (χ4v) is 15.5. The van der Waals surface area contributed by atoms with E-state index in [1.807, 2.05) is 180 Å². The van der Waals surface area contributed by atoms with Crippen molar-refractivity contribution in [1.82, 2.24) is 19.9 Å². The Hall–Kier alpha value is -6.64. The third-order valence-corrected chi connectivity index (χ3v) is 26.3. The summed E-state index contributed by atoms with van der Waals surface area (Å²) in [5.41, 5.74) is 16.0. The number of ether oxygens (including phenoxy) is 3. The van der Waals surface area contributed by atoms with Crippen LogP contribution < -0.4 is 31.9 Å². The lowest BCUT2D eigenvalue weighted by atomic mass is 9.49. The average Bonchev–Trinajstić information content (AvgIpc) is 1.59. The van der Waals surface area contributed by atoms with Crippen LogP contribution in [-0.2, 0) is 32.7 Å². The van der Waals surface area contributed by atoms with E-state index < -0.39 is 39.5 Å². The Kier molecular flexibility index (Phi) is 28.6. The van der Waals surface area contributed by atoms with Crippen LogP contribution in [0.3, 0.4) is 0 Å². The number of nitrogen functional groups attached to an aromatic ring is 2. The van der Waals surface area contributed by atoms with Gasteiger partial charge in [0.05, 0.1) is 67.2 Å². The number of pyridine rings is 4. The largest absolute Gasteiger partial charge is 0.497 e. The highest BCUT2D eigenvalue weighted by atomic mass is 127. The Morgan fingerprint density at radius 2 is 0.802 bits per heavy atom. The first-order valence-electron chi connectivity index (χ1n) is 36.8. The molecular weight excluding hydrogens is 1870 g/mol. The van der Waals surface area contributed by atoms with Crippen molar-refractivity contribution in [2.45, 2.75) is 130 Å². The van der Waals surface area contributed by atoms with Gasteiger partial charge in [0, 0.05) is 90.5 Å². The zero-order valence-electron chi connectivity index (χ0n) is 66.1. The number of hydrogen-bond acceptors (Lipinski definition) is 19. The van der Waals surface area contributed by atoms with E-state index in [0.717, 1.165) is 123 Å². The standard InChI is InChI=1S/C21H19BClNO3.C16H12BrClN2O.C15H7BrClNO.C12H24B2O4.C11H11BO3.C5H3BrClIN2.C4H8O.FH/c1-20(2)21(3,4)27-22(26-20)15-11-24-19(23)18-17(15)14-9-12-7-5-6-8-13(12)10-16(14)25-18;1-21-13-7-10-5-3-2-4-9(10)6-11(13)14-12(17)8-20-16(18)15(14)19;16-11-7-18-15(17)14-13(11)10-5-8-3-1-2-4-9(8)6-12(10)19-14;1-9(2)10(3,4)16-13(15-9)14-17-11(5,6)12(7,8)18-14;1-15-11-7-9-5-3-2-4-8(9)6-10(11)12(13)14;6-2-1-10-5(7)4(9)3(2)8;1-2-4-5-3-1;/h5-11H,1-4H3;2-8H,19H2,1H3;1-7H;1-8H3;2-7,13-14H,1H3;1H,9H2;1-4H2;1H. The normalized spacial score (nSPS) is 16.4. The zero-order valence-corrected chi connectivity index (χ0v) is 76.0. The van der Waals surface area contributed by atoms with Gasteiger partial charge in [-0.15, -0.1) is 0 Å². The van der Waals surface area contributed by atoms with Gasteiger partial charge in [0.25, 0.3) is 0 Å². The molecule has 0 unspecified atom stereocenters. The van der Waals surface area contributed by atoms with E-state index in [1.165, 1.54) is 25.3 Å². The van der Waals surface area contributed by atoms with Crippen molar-refractivity contribution in [3.8, 4) is 22.6 Å². The van der Waals surface area contributed by atoms with Crippen LogP contribution in [0.2, 0.25) is 20.6 Å². The monoisotopic (exact) mass is 1950 g/mol. The number of rotatable bonds is 6. The number of methoxy groups -OCH3 is 2. The van der Waals surface area contributed by atoms with Crippen molar-refractivity contribution in [3.05, 3.63) is 208 Å². The van der Waals surface area contributed by atoms with E-state index in [9.17, 15) is 10.0 Å². The minimum Gasteiger partial charge on any atom is -0.497 e. The van der Waals surface area contributed by atoms with Crippen LogP contribution in [0.4, 0.5) is 16.1 Å². The predicted molar refractivity (Wildman–Crippen MR) is 491 cm³/mol. The smallest absolute Gasteiger partial charge is 0.497 e. The second kappa shape index (κ2) is 36.7. The molecule has 6 aromatic heterocycles. The summed E-state index contributed by atoms with van der Waals surface area (Å²) < 4.78 is 67.3. The molecule has 19 nitrogen and oxygen atoms in total. The highest BCUT2D eigenvalue weighted by Crippen LogP contribution is 2.47. The van der Waals surface area contributed by atoms with Crippen molar-refractivity contribution in [1.29, 1.82) is 0 Å². The summed E-state index contributed by atoms with van der Waals surface area (Å²) in [5.74, 6) is 1.23. The molecule has 0 aliphatic carbocycles. The highest BCUT2D eigenvalue weighted by molar-refractivity contribution is 14.1. The van der Waals surface area contributed by atoms with Gasteiger partial charge < -0.3 is 72.5 Å². The molecule has 0 spiro atoms. The maximum atomic E-state index is 9.17. The summed E-state index contributed by atoms with van der Waals surface area (Å²) >= 11 is 36.5. The number of furan rings is 2. The van der Waals surface area contributed by atoms with E-state index in [-0.39, 0.29) is 32.3 Å². The SMILES string of the molecule is C1CCOC1.CC1(C)OB(B2OC(C)(C)C(C)(C)O2)OC1(C)C.CC1(C)OB(c2cnc(Cl)c3oc4cc5ccccc5cc4c23)OC1(C)C.COc1cc2ccccc2cc1-c1c(Br)cnc(Cl)c1N.COc1cc2ccccc2cc1B(O)O.Clc1ncc(Br)c2c1oc1cc3ccccc3cc12.F.Nc1c(Cl)ncc(Br)c1I. The summed E-state index contributed by atoms with van der Waals surface area (Å²) in [6, 6.07) is 48.0. The lowest BCUT2D eigenvalue weighted by Gasteiger charge is -2.32. The average molecular weight is 1960 g/mol. The van der Waals surface area contributed by atoms with Crippen LogP contribution in [-0.4, -0.2) is 119 Å². The van der Waals surface area contributed by atoms with Crippen molar-refractivity contribution in [2.75, 3.05) is 38.9 Å². The number of anilines is 2. The van der Waals surface area contributed by atoms with Gasteiger partial charge >= 0.3 is 28.3 Å². The molecular formula is C84H85B4Br3Cl4FIN6O13. The first-order valence-corrected chi connectivity index (χ1v) is 41.8. The van der Waals surface area contributed by atoms with E-state index in [4.69, 9.17) is 109 Å². The van der Waals surface area contributed by atoms with E-state index in [1.54, 1.807) is 44.0 Å². The van der Waals surface area contributed by atoms with Gasteiger partial charge in [-0.2, -0.15) is 0 Å². The van der Waals surface area contributed by atoms with Gasteiger partial charge in [0.15, 0.2) is 31.8 Å². The number of hydrogen-bond donors (Lipinski definition) is 4. The first-order chi connectivity index (χ1) is 54.3. The lowest BCUT2D eigenvalue weighted by molar-refractivity contribution is 0.00578. The topological polar surface area (TPSA) is 253 Å². The number of benzene rings is 8. The van der Waals surface area contributed by atoms with Crippen molar-refractivity contribution in [3.63, 3.8) is 0 Å². The van der Waals surface area contributed by atoms with Crippen LogP contribution in [0.1, 0.15) is 95.9 Å². The molecule has 116 heavy (non-hydrogen) atoms. The molecule has 0 bridgehead atoms. The second-order valence-corrected chi connectivity index (χ2v) is 35.7. The van der Waals surface area contributed by atoms with Crippen LogP contribution in [0.25, 0.3) is 98.1 Å². The van der Waals surface area contributed by atoms with E-state index >= 15 is 0 Å². The summed E-state index contributed by atoms with van der Waals surface area (Å²) in [4.78, 5) is 16.3. The van der Waals surface area contributed by atoms with Crippen LogP contribution in [0.15, 0.2) is 193 Å². The van der Waals surface area contributed by atoms with E-state index in [0.29, 0.717) is 49.2 Å². The maximum absolute atomic E-state index is 9.17. The summed E-state index contributed by atoms with van der Waals surface area (Å²) in [5, 5.41) is 32.4. The number of nitrogens with two attached hydrogens (primary N) is 2. The maximum Gasteiger partial charge on any atom is 0.497 e. The molecule has 0 amide bonds. The quantitative estimate of drug-likeness (QED) is 0.0686. The number of aromatic nitrogens is 4. The Morgan fingerprint density at radius 3 is 1.22 bits per heavy atom. The molecule has 32 heteroatoms. The molecule has 604 valence electrons. The van der Waals surface area contributed by atoms with Gasteiger partial charge in [-0.3, -0.25) is 4.70 Å². The molecule has 4 saturated heterocycles. The molecule has 4 aliphatic heterocycles. The molecule has 4 aliphatic rings. The van der Waals surface area contributed by atoms with Crippen LogP contribution in [0.5, 0.6) is 11.5 Å². The zero-order chi connectivity index (χ0) is 83.0. The van der Waals surface area contributed by atoms with Gasteiger partial charge in [-0.25, -0.2) is 19.9 Å². The fourth-order valence-electron chi connectivity index (χ4n) is 12.9. The van der Waals surface area contributed by atoms with Crippen molar-refractivity contribution >= 4 is 254 Å². The summed E-state index contributed by atoms with van der Waals surface area (Å²) in [7, 11) is 0.155. The molecule has 0 atom stereocenters. The molecule has 6 N–H and O–H groups in total.